The van der Waals surface area contributed by atoms with Gasteiger partial charge in [0, 0.05) is 30.0 Å². The lowest BCUT2D eigenvalue weighted by Crippen LogP contribution is -2.50. The fourth-order valence-corrected chi connectivity index (χ4v) is 3.46. The summed E-state index contributed by atoms with van der Waals surface area (Å²) in [5, 5.41) is 9.22. The van der Waals surface area contributed by atoms with Crippen LogP contribution in [-0.4, -0.2) is 45.4 Å². The molecule has 4 nitrogen and oxygen atoms in total. The first-order chi connectivity index (χ1) is 9.54. The predicted molar refractivity (Wildman–Crippen MR) is 79.4 cm³/mol. The normalized spacial score (nSPS) is 18.6. The number of hydrogen-bond donors (Lipinski definition) is 1. The van der Waals surface area contributed by atoms with Gasteiger partial charge in [0.1, 0.15) is 5.25 Å². The molecule has 0 amide bonds. The summed E-state index contributed by atoms with van der Waals surface area (Å²) >= 11 is -0.968. The molecule has 1 aromatic carbocycles. The van der Waals surface area contributed by atoms with Crippen LogP contribution in [0, 0.1) is 5.82 Å². The molecule has 112 valence electrons. The van der Waals surface area contributed by atoms with Gasteiger partial charge in [-0.25, -0.2) is 4.39 Å². The van der Waals surface area contributed by atoms with Gasteiger partial charge in [-0.15, -0.1) is 4.31 Å². The van der Waals surface area contributed by atoms with Crippen LogP contribution in [0.15, 0.2) is 18.2 Å². The Morgan fingerprint density at radius 3 is 2.50 bits per heavy atom. The zero-order valence-corrected chi connectivity index (χ0v) is 12.7. The SMILES string of the molecule is CC(C)[S+]([O-])N1CCN(c2cccc(CO)c2F)CC1. The summed E-state index contributed by atoms with van der Waals surface area (Å²) in [7, 11) is 0. The maximum absolute atomic E-state index is 14.2. The third-order valence-corrected chi connectivity index (χ3v) is 5.15. The Morgan fingerprint density at radius 2 is 1.95 bits per heavy atom. The highest BCUT2D eigenvalue weighted by Crippen LogP contribution is 2.24. The van der Waals surface area contributed by atoms with Gasteiger partial charge in [-0.1, -0.05) is 12.1 Å². The van der Waals surface area contributed by atoms with E-state index in [0.717, 1.165) is 0 Å². The van der Waals surface area contributed by atoms with Gasteiger partial charge in [0.25, 0.3) is 0 Å². The largest absolute Gasteiger partial charge is 0.598 e. The highest BCUT2D eigenvalue weighted by Gasteiger charge is 2.28. The zero-order chi connectivity index (χ0) is 14.7. The lowest BCUT2D eigenvalue weighted by atomic mass is 10.1. The lowest BCUT2D eigenvalue weighted by molar-refractivity contribution is 0.275. The van der Waals surface area contributed by atoms with Crippen LogP contribution in [0.5, 0.6) is 0 Å². The average Bonchev–Trinajstić information content (AvgIpc) is 2.47. The molecule has 1 aromatic rings. The van der Waals surface area contributed by atoms with Gasteiger partial charge >= 0.3 is 0 Å². The summed E-state index contributed by atoms with van der Waals surface area (Å²) in [5.74, 6) is -0.353. The van der Waals surface area contributed by atoms with Crippen LogP contribution in [0.1, 0.15) is 19.4 Å². The highest BCUT2D eigenvalue weighted by molar-refractivity contribution is 7.89. The van der Waals surface area contributed by atoms with E-state index >= 15 is 0 Å². The molecule has 6 heteroatoms. The summed E-state index contributed by atoms with van der Waals surface area (Å²) in [6.45, 7) is 6.19. The van der Waals surface area contributed by atoms with Crippen molar-refractivity contribution in [2.75, 3.05) is 31.1 Å². The topological polar surface area (TPSA) is 49.8 Å². The van der Waals surface area contributed by atoms with Crippen molar-refractivity contribution in [3.63, 3.8) is 0 Å². The van der Waals surface area contributed by atoms with E-state index in [0.29, 0.717) is 37.4 Å². The number of benzene rings is 1. The van der Waals surface area contributed by atoms with E-state index in [1.165, 1.54) is 0 Å². The van der Waals surface area contributed by atoms with E-state index in [-0.39, 0.29) is 17.7 Å². The molecule has 0 aromatic heterocycles. The molecule has 0 saturated carbocycles. The van der Waals surface area contributed by atoms with Crippen LogP contribution in [0.4, 0.5) is 10.1 Å². The first-order valence-corrected chi connectivity index (χ1v) is 8.00. The fraction of sp³-hybridized carbons (Fsp3) is 0.571. The van der Waals surface area contributed by atoms with E-state index in [1.807, 2.05) is 23.1 Å². The molecule has 1 fully saturated rings. The molecule has 1 saturated heterocycles. The van der Waals surface area contributed by atoms with Crippen molar-refractivity contribution >= 4 is 17.0 Å². The second-order valence-electron chi connectivity index (χ2n) is 5.15. The molecule has 1 heterocycles. The third-order valence-electron chi connectivity index (χ3n) is 3.47. The summed E-state index contributed by atoms with van der Waals surface area (Å²) in [4.78, 5) is 1.95. The number of nitrogens with zero attached hydrogens (tertiary/aromatic N) is 2. The van der Waals surface area contributed by atoms with E-state index in [1.54, 1.807) is 18.2 Å². The maximum Gasteiger partial charge on any atom is 0.151 e. The second-order valence-corrected chi connectivity index (χ2v) is 7.16. The minimum atomic E-state index is -0.968. The Bertz CT molecular complexity index is 451. The van der Waals surface area contributed by atoms with Crippen molar-refractivity contribution in [1.82, 2.24) is 4.31 Å². The van der Waals surface area contributed by atoms with E-state index < -0.39 is 11.4 Å². The Kier molecular flexibility index (Phi) is 5.26. The summed E-state index contributed by atoms with van der Waals surface area (Å²) in [6.07, 6.45) is 0. The number of hydrogen-bond acceptors (Lipinski definition) is 4. The molecule has 1 atom stereocenters. The maximum atomic E-state index is 14.2. The first kappa shape index (κ1) is 15.6. The molecular weight excluding hydrogens is 279 g/mol. The van der Waals surface area contributed by atoms with Crippen molar-refractivity contribution in [2.45, 2.75) is 25.7 Å². The van der Waals surface area contributed by atoms with E-state index in [4.69, 9.17) is 5.11 Å². The van der Waals surface area contributed by atoms with Gasteiger partial charge in [-0.2, -0.15) is 0 Å². The molecule has 0 bridgehead atoms. The average molecular weight is 300 g/mol. The molecule has 1 unspecified atom stereocenters. The van der Waals surface area contributed by atoms with Gasteiger partial charge in [0.15, 0.2) is 5.82 Å². The standard InChI is InChI=1S/C14H21FN2O2S/c1-11(2)20(19)17-8-6-16(7-9-17)13-5-3-4-12(10-18)14(13)15/h3-5,11,18H,6-10H2,1-2H3. The minimum Gasteiger partial charge on any atom is -0.598 e. The van der Waals surface area contributed by atoms with Crippen LogP contribution in [0.2, 0.25) is 0 Å². The highest BCUT2D eigenvalue weighted by atomic mass is 32.2. The predicted octanol–water partition coefficient (Wildman–Crippen LogP) is 1.51. The third kappa shape index (κ3) is 3.25. The molecule has 1 N–H and O–H groups in total. The molecule has 0 spiro atoms. The number of halogens is 1. The Hall–Kier alpha value is -0.820. The number of aliphatic hydroxyl groups excluding tert-OH is 1. The van der Waals surface area contributed by atoms with Crippen molar-refractivity contribution in [3.05, 3.63) is 29.6 Å². The van der Waals surface area contributed by atoms with Crippen LogP contribution in [0.3, 0.4) is 0 Å². The minimum absolute atomic E-state index is 0.107. The number of aliphatic hydroxyl groups is 1. The summed E-state index contributed by atoms with van der Waals surface area (Å²) in [5.41, 5.74) is 0.835. The smallest absolute Gasteiger partial charge is 0.151 e. The summed E-state index contributed by atoms with van der Waals surface area (Å²) in [6, 6.07) is 5.06. The quantitative estimate of drug-likeness (QED) is 0.857. The molecule has 0 aliphatic carbocycles. The first-order valence-electron chi connectivity index (χ1n) is 6.83. The summed E-state index contributed by atoms with van der Waals surface area (Å²) < 4.78 is 28.1. The monoisotopic (exact) mass is 300 g/mol. The molecule has 1 aliphatic rings. The molecule has 2 rings (SSSR count). The van der Waals surface area contributed by atoms with Crippen molar-refractivity contribution in [3.8, 4) is 0 Å². The number of rotatable bonds is 4. The van der Waals surface area contributed by atoms with Gasteiger partial charge in [0.05, 0.1) is 25.4 Å². The zero-order valence-electron chi connectivity index (χ0n) is 11.9. The molecule has 20 heavy (non-hydrogen) atoms. The molecule has 0 radical (unpaired) electrons. The molecule has 1 aliphatic heterocycles. The molecular formula is C14H21FN2O2S. The van der Waals surface area contributed by atoms with Gasteiger partial charge in [-0.05, 0) is 19.9 Å². The van der Waals surface area contributed by atoms with Gasteiger partial charge < -0.3 is 14.6 Å². The van der Waals surface area contributed by atoms with Crippen molar-refractivity contribution < 1.29 is 14.0 Å². The van der Waals surface area contributed by atoms with E-state index in [9.17, 15) is 8.94 Å². The Labute approximate surface area is 122 Å². The fourth-order valence-electron chi connectivity index (χ4n) is 2.34. The second kappa shape index (κ2) is 6.76. The lowest BCUT2D eigenvalue weighted by Gasteiger charge is -2.36. The van der Waals surface area contributed by atoms with Crippen molar-refractivity contribution in [2.24, 2.45) is 0 Å². The van der Waals surface area contributed by atoms with Gasteiger partial charge in [-0.3, -0.25) is 0 Å². The van der Waals surface area contributed by atoms with Crippen molar-refractivity contribution in [1.29, 1.82) is 0 Å². The Morgan fingerprint density at radius 1 is 1.30 bits per heavy atom. The van der Waals surface area contributed by atoms with Gasteiger partial charge in [0.2, 0.25) is 0 Å². The number of piperazine rings is 1. The number of anilines is 1. The van der Waals surface area contributed by atoms with Crippen LogP contribution < -0.4 is 4.90 Å². The van der Waals surface area contributed by atoms with Crippen LogP contribution in [-0.2, 0) is 18.0 Å². The van der Waals surface area contributed by atoms with E-state index in [2.05, 4.69) is 0 Å². The Balaban J connectivity index is 2.04. The van der Waals surface area contributed by atoms with Crippen LogP contribution >= 0.6 is 0 Å². The van der Waals surface area contributed by atoms with Crippen LogP contribution in [0.25, 0.3) is 0 Å².